The second-order valence-electron chi connectivity index (χ2n) is 3.53. The molecule has 0 bridgehead atoms. The fraction of sp³-hybridized carbons (Fsp3) is 0.417. The largest absolute Gasteiger partial charge is 0.462 e. The van der Waals surface area contributed by atoms with Gasteiger partial charge in [-0.15, -0.1) is 23.5 Å². The molecule has 1 heterocycles. The number of ether oxygens (including phenoxy) is 1. The topological polar surface area (TPSA) is 26.3 Å². The lowest BCUT2D eigenvalue weighted by Gasteiger charge is -2.10. The maximum atomic E-state index is 13.5. The van der Waals surface area contributed by atoms with E-state index in [9.17, 15) is 9.18 Å². The Morgan fingerprint density at radius 3 is 2.82 bits per heavy atom. The van der Waals surface area contributed by atoms with Crippen molar-refractivity contribution < 1.29 is 13.9 Å². The SMILES string of the molecule is CCOC(=O)c1cc(C2SCCS2)ccc1F. The number of hydrogen-bond donors (Lipinski definition) is 0. The smallest absolute Gasteiger partial charge is 0.341 e. The van der Waals surface area contributed by atoms with Gasteiger partial charge in [0.2, 0.25) is 0 Å². The molecule has 0 saturated carbocycles. The zero-order valence-electron chi connectivity index (χ0n) is 9.44. The minimum atomic E-state index is -0.583. The van der Waals surface area contributed by atoms with Gasteiger partial charge in [-0.05, 0) is 24.6 Å². The fourth-order valence-corrected chi connectivity index (χ4v) is 4.44. The van der Waals surface area contributed by atoms with E-state index in [4.69, 9.17) is 4.74 Å². The van der Waals surface area contributed by atoms with Gasteiger partial charge < -0.3 is 4.74 Å². The summed E-state index contributed by atoms with van der Waals surface area (Å²) in [6.07, 6.45) is 0. The van der Waals surface area contributed by atoms with E-state index in [0.29, 0.717) is 4.58 Å². The van der Waals surface area contributed by atoms with Crippen molar-refractivity contribution in [3.05, 3.63) is 35.1 Å². The summed E-state index contributed by atoms with van der Waals surface area (Å²) in [6, 6.07) is 4.71. The molecule has 0 aromatic heterocycles. The van der Waals surface area contributed by atoms with E-state index >= 15 is 0 Å². The quantitative estimate of drug-likeness (QED) is 0.787. The van der Waals surface area contributed by atoms with E-state index in [1.807, 2.05) is 23.5 Å². The first-order valence-corrected chi connectivity index (χ1v) is 7.52. The highest BCUT2D eigenvalue weighted by atomic mass is 32.2. The molecule has 2 nitrogen and oxygen atoms in total. The number of rotatable bonds is 3. The fourth-order valence-electron chi connectivity index (χ4n) is 1.61. The number of esters is 1. The molecule has 0 aliphatic carbocycles. The van der Waals surface area contributed by atoms with Crippen molar-refractivity contribution >= 4 is 29.5 Å². The first-order chi connectivity index (χ1) is 8.22. The molecule has 17 heavy (non-hydrogen) atoms. The Morgan fingerprint density at radius 1 is 1.47 bits per heavy atom. The summed E-state index contributed by atoms with van der Waals surface area (Å²) in [6.45, 7) is 1.97. The zero-order chi connectivity index (χ0) is 12.3. The summed E-state index contributed by atoms with van der Waals surface area (Å²) >= 11 is 3.65. The van der Waals surface area contributed by atoms with Crippen LogP contribution in [0.5, 0.6) is 0 Å². The maximum Gasteiger partial charge on any atom is 0.341 e. The third-order valence-corrected chi connectivity index (χ3v) is 5.48. The van der Waals surface area contributed by atoms with Gasteiger partial charge in [0.25, 0.3) is 0 Å². The van der Waals surface area contributed by atoms with E-state index in [1.165, 1.54) is 6.07 Å². The lowest BCUT2D eigenvalue weighted by Crippen LogP contribution is -2.08. The van der Waals surface area contributed by atoms with Crippen LogP contribution in [0.4, 0.5) is 4.39 Å². The van der Waals surface area contributed by atoms with Gasteiger partial charge in [-0.3, -0.25) is 0 Å². The van der Waals surface area contributed by atoms with E-state index in [-0.39, 0.29) is 12.2 Å². The first-order valence-electron chi connectivity index (χ1n) is 5.42. The van der Waals surface area contributed by atoms with Crippen LogP contribution in [0.2, 0.25) is 0 Å². The molecule has 0 radical (unpaired) electrons. The number of hydrogen-bond acceptors (Lipinski definition) is 4. The second kappa shape index (κ2) is 5.78. The van der Waals surface area contributed by atoms with Crippen molar-refractivity contribution in [1.82, 2.24) is 0 Å². The van der Waals surface area contributed by atoms with E-state index in [0.717, 1.165) is 17.1 Å². The number of halogens is 1. The minimum absolute atomic E-state index is 0.0393. The third kappa shape index (κ3) is 2.96. The van der Waals surface area contributed by atoms with Gasteiger partial charge in [0.1, 0.15) is 5.82 Å². The third-order valence-electron chi connectivity index (χ3n) is 2.38. The summed E-state index contributed by atoms with van der Waals surface area (Å²) in [4.78, 5) is 11.6. The Labute approximate surface area is 108 Å². The molecule has 0 amide bonds. The van der Waals surface area contributed by atoms with Crippen molar-refractivity contribution in [2.24, 2.45) is 0 Å². The van der Waals surface area contributed by atoms with Crippen molar-refractivity contribution in [2.45, 2.75) is 11.5 Å². The van der Waals surface area contributed by atoms with Gasteiger partial charge in [-0.2, -0.15) is 0 Å². The lowest BCUT2D eigenvalue weighted by molar-refractivity contribution is 0.0521. The van der Waals surface area contributed by atoms with Gasteiger partial charge in [0, 0.05) is 11.5 Å². The average molecular weight is 272 g/mol. The normalized spacial score (nSPS) is 16.1. The summed E-state index contributed by atoms with van der Waals surface area (Å²) < 4.78 is 18.7. The van der Waals surface area contributed by atoms with Crippen molar-refractivity contribution in [3.63, 3.8) is 0 Å². The molecule has 1 aromatic carbocycles. The van der Waals surface area contributed by atoms with Gasteiger partial charge in [-0.25, -0.2) is 9.18 Å². The summed E-state index contributed by atoms with van der Waals surface area (Å²) in [5.74, 6) is 1.10. The Hall–Kier alpha value is -0.680. The van der Waals surface area contributed by atoms with E-state index in [2.05, 4.69) is 0 Å². The molecule has 5 heteroatoms. The molecule has 0 atom stereocenters. The number of benzene rings is 1. The summed E-state index contributed by atoms with van der Waals surface area (Å²) in [7, 11) is 0. The van der Waals surface area contributed by atoms with E-state index < -0.39 is 11.8 Å². The van der Waals surface area contributed by atoms with Crippen LogP contribution in [-0.2, 0) is 4.74 Å². The summed E-state index contributed by atoms with van der Waals surface area (Å²) in [5, 5.41) is 0. The second-order valence-corrected chi connectivity index (χ2v) is 6.26. The molecule has 0 spiro atoms. The van der Waals surface area contributed by atoms with E-state index in [1.54, 1.807) is 19.1 Å². The van der Waals surface area contributed by atoms with Gasteiger partial charge in [-0.1, -0.05) is 6.07 Å². The lowest BCUT2D eigenvalue weighted by atomic mass is 10.1. The van der Waals surface area contributed by atoms with Crippen LogP contribution in [-0.4, -0.2) is 24.1 Å². The Bertz CT molecular complexity index is 417. The standard InChI is InChI=1S/C12H13FO2S2/c1-2-15-11(14)9-7-8(3-4-10(9)13)12-16-5-6-17-12/h3-4,7,12H,2,5-6H2,1H3. The minimum Gasteiger partial charge on any atom is -0.462 e. The molecule has 1 saturated heterocycles. The molecule has 2 rings (SSSR count). The predicted molar refractivity (Wildman–Crippen MR) is 70.0 cm³/mol. The zero-order valence-corrected chi connectivity index (χ0v) is 11.1. The molecular formula is C12H13FO2S2. The first kappa shape index (κ1) is 12.8. The van der Waals surface area contributed by atoms with Gasteiger partial charge in [0.15, 0.2) is 0 Å². The highest BCUT2D eigenvalue weighted by Crippen LogP contribution is 2.45. The van der Waals surface area contributed by atoms with Crippen molar-refractivity contribution in [3.8, 4) is 0 Å². The molecule has 0 unspecified atom stereocenters. The van der Waals surface area contributed by atoms with Crippen LogP contribution in [0.3, 0.4) is 0 Å². The molecule has 1 aliphatic rings. The number of thioether (sulfide) groups is 2. The molecule has 1 aromatic rings. The average Bonchev–Trinajstić information content (AvgIpc) is 2.83. The molecule has 92 valence electrons. The molecule has 1 fully saturated rings. The highest BCUT2D eigenvalue weighted by molar-refractivity contribution is 8.19. The maximum absolute atomic E-state index is 13.5. The van der Waals surface area contributed by atoms with Crippen molar-refractivity contribution in [1.29, 1.82) is 0 Å². The van der Waals surface area contributed by atoms with Crippen LogP contribution in [0.15, 0.2) is 18.2 Å². The predicted octanol–water partition coefficient (Wildman–Crippen LogP) is 3.48. The molecule has 1 aliphatic heterocycles. The molecule has 0 N–H and O–H groups in total. The van der Waals surface area contributed by atoms with Crippen LogP contribution < -0.4 is 0 Å². The highest BCUT2D eigenvalue weighted by Gasteiger charge is 2.21. The monoisotopic (exact) mass is 272 g/mol. The van der Waals surface area contributed by atoms with Crippen LogP contribution >= 0.6 is 23.5 Å². The van der Waals surface area contributed by atoms with Crippen LogP contribution in [0, 0.1) is 5.82 Å². The number of carbonyl (C=O) groups is 1. The van der Waals surface area contributed by atoms with Crippen LogP contribution in [0.1, 0.15) is 27.4 Å². The Morgan fingerprint density at radius 2 is 2.18 bits per heavy atom. The number of carbonyl (C=O) groups excluding carboxylic acids is 1. The van der Waals surface area contributed by atoms with Crippen molar-refractivity contribution in [2.75, 3.05) is 18.1 Å². The Balaban J connectivity index is 2.25. The van der Waals surface area contributed by atoms with Gasteiger partial charge in [0.05, 0.1) is 16.8 Å². The Kier molecular flexibility index (Phi) is 4.34. The molecular weight excluding hydrogens is 259 g/mol. The summed E-state index contributed by atoms with van der Waals surface area (Å²) in [5.41, 5.74) is 1.03. The van der Waals surface area contributed by atoms with Crippen LogP contribution in [0.25, 0.3) is 0 Å². The van der Waals surface area contributed by atoms with Gasteiger partial charge >= 0.3 is 5.97 Å².